The van der Waals surface area contributed by atoms with Gasteiger partial charge in [-0.05, 0) is 37.5 Å². The van der Waals surface area contributed by atoms with Crippen LogP contribution in [0.2, 0.25) is 0 Å². The Labute approximate surface area is 151 Å². The zero-order chi connectivity index (χ0) is 18.1. The molecule has 9 heteroatoms. The van der Waals surface area contributed by atoms with E-state index in [9.17, 15) is 8.42 Å². The van der Waals surface area contributed by atoms with Crippen molar-refractivity contribution in [1.82, 2.24) is 24.5 Å². The first-order valence-corrected chi connectivity index (χ1v) is 10.1. The lowest BCUT2D eigenvalue weighted by Gasteiger charge is -2.07. The van der Waals surface area contributed by atoms with Crippen LogP contribution in [0.25, 0.3) is 0 Å². The fourth-order valence-electron chi connectivity index (χ4n) is 2.81. The van der Waals surface area contributed by atoms with Crippen LogP contribution in [-0.4, -0.2) is 33.0 Å². The Morgan fingerprint density at radius 1 is 1.19 bits per heavy atom. The quantitative estimate of drug-likeness (QED) is 0.686. The van der Waals surface area contributed by atoms with Crippen molar-refractivity contribution in [2.24, 2.45) is 0 Å². The second-order valence-electron chi connectivity index (χ2n) is 6.36. The summed E-state index contributed by atoms with van der Waals surface area (Å²) >= 11 is 0. The fourth-order valence-corrected chi connectivity index (χ4v) is 4.02. The predicted octanol–water partition coefficient (Wildman–Crippen LogP) is 2.22. The Balaban J connectivity index is 1.53. The average Bonchev–Trinajstić information content (AvgIpc) is 3.23. The van der Waals surface area contributed by atoms with E-state index in [1.54, 1.807) is 35.4 Å². The van der Waals surface area contributed by atoms with E-state index in [1.165, 1.54) is 4.68 Å². The van der Waals surface area contributed by atoms with Crippen LogP contribution >= 0.6 is 0 Å². The van der Waals surface area contributed by atoms with Crippen molar-refractivity contribution in [2.45, 2.75) is 43.8 Å². The summed E-state index contributed by atoms with van der Waals surface area (Å²) in [5.74, 6) is 0.687. The molecule has 1 N–H and O–H groups in total. The second-order valence-corrected chi connectivity index (χ2v) is 7.99. The third kappa shape index (κ3) is 3.48. The van der Waals surface area contributed by atoms with Crippen molar-refractivity contribution in [3.05, 3.63) is 54.1 Å². The number of rotatable bonds is 7. The van der Waals surface area contributed by atoms with Gasteiger partial charge < -0.3 is 0 Å². The van der Waals surface area contributed by atoms with E-state index in [2.05, 4.69) is 19.9 Å². The third-order valence-corrected chi connectivity index (χ3v) is 5.66. The Morgan fingerprint density at radius 2 is 1.96 bits per heavy atom. The van der Waals surface area contributed by atoms with Gasteiger partial charge in [0, 0.05) is 43.2 Å². The maximum atomic E-state index is 12.8. The number of anilines is 1. The molecule has 1 saturated carbocycles. The number of sulfonamides is 1. The molecule has 0 spiro atoms. The topological polar surface area (TPSA) is 94.7 Å². The molecule has 3 heterocycles. The molecule has 1 aliphatic rings. The minimum absolute atomic E-state index is 0.186. The van der Waals surface area contributed by atoms with Gasteiger partial charge in [-0.15, -0.1) is 0 Å². The first kappa shape index (κ1) is 16.8. The Kier molecular flexibility index (Phi) is 4.23. The Bertz CT molecular complexity index is 1010. The molecular formula is C17H20N6O2S. The molecule has 0 unspecified atom stereocenters. The normalized spacial score (nSPS) is 14.5. The van der Waals surface area contributed by atoms with Crippen molar-refractivity contribution >= 4 is 15.8 Å². The van der Waals surface area contributed by atoms with Gasteiger partial charge in [-0.3, -0.25) is 19.1 Å². The van der Waals surface area contributed by atoms with Crippen LogP contribution in [0, 0.1) is 0 Å². The van der Waals surface area contributed by atoms with Gasteiger partial charge in [0.15, 0.2) is 10.8 Å². The number of aryl methyl sites for hydroxylation is 1. The van der Waals surface area contributed by atoms with Crippen molar-refractivity contribution in [3.63, 3.8) is 0 Å². The molecule has 4 rings (SSSR count). The number of hydrogen-bond donors (Lipinski definition) is 1. The lowest BCUT2D eigenvalue weighted by atomic mass is 10.3. The van der Waals surface area contributed by atoms with Crippen LogP contribution in [-0.2, 0) is 23.1 Å². The minimum Gasteiger partial charge on any atom is -0.266 e. The standard InChI is InChI=1S/C17H20N6O2S/c1-2-23-17(11-15(19-23)14-3-4-14)26(24,25)21-16-7-10-22(20-16)12-13-5-8-18-9-6-13/h5-11,14H,2-4,12H2,1H3,(H,20,21). The fraction of sp³-hybridized carbons (Fsp3) is 0.353. The van der Waals surface area contributed by atoms with E-state index in [0.29, 0.717) is 19.0 Å². The molecule has 1 aliphatic carbocycles. The van der Waals surface area contributed by atoms with Crippen LogP contribution in [0.15, 0.2) is 47.9 Å². The van der Waals surface area contributed by atoms with E-state index in [0.717, 1.165) is 24.1 Å². The molecule has 1 fully saturated rings. The molecule has 3 aromatic heterocycles. The van der Waals surface area contributed by atoms with Crippen molar-refractivity contribution in [2.75, 3.05) is 4.72 Å². The monoisotopic (exact) mass is 372 g/mol. The number of aromatic nitrogens is 5. The lowest BCUT2D eigenvalue weighted by Crippen LogP contribution is -2.18. The number of pyridine rings is 1. The highest BCUT2D eigenvalue weighted by Crippen LogP contribution is 2.40. The SMILES string of the molecule is CCn1nc(C2CC2)cc1S(=O)(=O)Nc1ccn(Cc2ccncc2)n1. The second kappa shape index (κ2) is 6.56. The van der Waals surface area contributed by atoms with Crippen molar-refractivity contribution in [3.8, 4) is 0 Å². The van der Waals surface area contributed by atoms with Crippen molar-refractivity contribution in [1.29, 1.82) is 0 Å². The highest BCUT2D eigenvalue weighted by Gasteiger charge is 2.30. The van der Waals surface area contributed by atoms with Gasteiger partial charge in [-0.25, -0.2) is 0 Å². The summed E-state index contributed by atoms with van der Waals surface area (Å²) in [6.45, 7) is 2.93. The molecule has 8 nitrogen and oxygen atoms in total. The van der Waals surface area contributed by atoms with Crippen LogP contribution in [0.1, 0.15) is 36.9 Å². The zero-order valence-corrected chi connectivity index (χ0v) is 15.2. The predicted molar refractivity (Wildman–Crippen MR) is 96.3 cm³/mol. The highest BCUT2D eigenvalue weighted by molar-refractivity contribution is 7.92. The average molecular weight is 372 g/mol. The van der Waals surface area contributed by atoms with Crippen LogP contribution in [0.4, 0.5) is 5.82 Å². The van der Waals surface area contributed by atoms with Gasteiger partial charge >= 0.3 is 0 Å². The summed E-state index contributed by atoms with van der Waals surface area (Å²) < 4.78 is 31.3. The molecule has 0 aliphatic heterocycles. The molecule has 136 valence electrons. The summed E-state index contributed by atoms with van der Waals surface area (Å²) in [7, 11) is -3.74. The third-order valence-electron chi connectivity index (χ3n) is 4.31. The number of nitrogens with one attached hydrogen (secondary N) is 1. The molecule has 0 saturated heterocycles. The van der Waals surface area contributed by atoms with E-state index >= 15 is 0 Å². The molecule has 0 aromatic carbocycles. The maximum absolute atomic E-state index is 12.8. The van der Waals surface area contributed by atoms with Gasteiger partial charge in [0.1, 0.15) is 0 Å². The van der Waals surface area contributed by atoms with E-state index < -0.39 is 10.0 Å². The Morgan fingerprint density at radius 3 is 2.65 bits per heavy atom. The summed E-state index contributed by atoms with van der Waals surface area (Å²) in [5.41, 5.74) is 1.89. The molecule has 0 bridgehead atoms. The van der Waals surface area contributed by atoms with Gasteiger partial charge in [0.2, 0.25) is 0 Å². The highest BCUT2D eigenvalue weighted by atomic mass is 32.2. The Hall–Kier alpha value is -2.68. The molecule has 0 atom stereocenters. The number of nitrogens with zero attached hydrogens (tertiary/aromatic N) is 5. The van der Waals surface area contributed by atoms with Gasteiger partial charge in [0.25, 0.3) is 10.0 Å². The largest absolute Gasteiger partial charge is 0.280 e. The van der Waals surface area contributed by atoms with Crippen LogP contribution < -0.4 is 4.72 Å². The van der Waals surface area contributed by atoms with E-state index in [4.69, 9.17) is 0 Å². The lowest BCUT2D eigenvalue weighted by molar-refractivity contribution is 0.555. The van der Waals surface area contributed by atoms with Crippen molar-refractivity contribution < 1.29 is 8.42 Å². The zero-order valence-electron chi connectivity index (χ0n) is 14.4. The summed E-state index contributed by atoms with van der Waals surface area (Å²) in [4.78, 5) is 3.98. The van der Waals surface area contributed by atoms with Gasteiger partial charge in [-0.2, -0.15) is 18.6 Å². The van der Waals surface area contributed by atoms with E-state index in [1.807, 2.05) is 19.1 Å². The van der Waals surface area contributed by atoms with Crippen LogP contribution in [0.5, 0.6) is 0 Å². The molecule has 0 radical (unpaired) electrons. The summed E-state index contributed by atoms with van der Waals surface area (Å²) in [6, 6.07) is 7.11. The smallest absolute Gasteiger partial charge is 0.266 e. The maximum Gasteiger partial charge on any atom is 0.280 e. The first-order chi connectivity index (χ1) is 12.5. The van der Waals surface area contributed by atoms with Gasteiger partial charge in [0.05, 0.1) is 12.2 Å². The summed E-state index contributed by atoms with van der Waals surface area (Å²) in [6.07, 6.45) is 7.32. The number of hydrogen-bond acceptors (Lipinski definition) is 5. The van der Waals surface area contributed by atoms with Gasteiger partial charge in [-0.1, -0.05) is 0 Å². The molecular weight excluding hydrogens is 352 g/mol. The minimum atomic E-state index is -3.74. The summed E-state index contributed by atoms with van der Waals surface area (Å²) in [5, 5.41) is 8.91. The molecule has 3 aromatic rings. The first-order valence-electron chi connectivity index (χ1n) is 8.58. The van der Waals surface area contributed by atoms with E-state index in [-0.39, 0.29) is 10.8 Å². The molecule has 26 heavy (non-hydrogen) atoms. The van der Waals surface area contributed by atoms with Crippen LogP contribution in [0.3, 0.4) is 0 Å². The molecule has 0 amide bonds.